The lowest BCUT2D eigenvalue weighted by Crippen LogP contribution is -2.28. The molecule has 2 aliphatic rings. The Morgan fingerprint density at radius 1 is 1.42 bits per heavy atom. The van der Waals surface area contributed by atoms with E-state index in [1.165, 1.54) is 18.5 Å². The molecule has 1 atom stereocenters. The molecule has 3 rings (SSSR count). The molecule has 1 unspecified atom stereocenters. The fraction of sp³-hybridized carbons (Fsp3) is 0.533. The Morgan fingerprint density at radius 2 is 2.16 bits per heavy atom. The van der Waals surface area contributed by atoms with Crippen LogP contribution in [-0.2, 0) is 4.79 Å². The van der Waals surface area contributed by atoms with Crippen molar-refractivity contribution in [3.05, 3.63) is 23.8 Å². The van der Waals surface area contributed by atoms with Gasteiger partial charge in [0.2, 0.25) is 5.91 Å². The average Bonchev–Trinajstić information content (AvgIpc) is 3.22. The zero-order valence-corrected chi connectivity index (χ0v) is 11.6. The van der Waals surface area contributed by atoms with Crippen molar-refractivity contribution in [1.82, 2.24) is 0 Å². The lowest BCUT2D eigenvalue weighted by Gasteiger charge is -2.24. The Balaban J connectivity index is 1.90. The minimum atomic E-state index is -0.493. The molecule has 1 aliphatic carbocycles. The topological polar surface area (TPSA) is 49.6 Å². The maximum atomic E-state index is 11.9. The summed E-state index contributed by atoms with van der Waals surface area (Å²) in [5.74, 6) is 0.840. The molecule has 4 nitrogen and oxygen atoms in total. The van der Waals surface area contributed by atoms with Crippen LogP contribution < -0.4 is 15.5 Å². The summed E-state index contributed by atoms with van der Waals surface area (Å²) in [4.78, 5) is 16.0. The van der Waals surface area contributed by atoms with Gasteiger partial charge < -0.3 is 15.5 Å². The molecule has 102 valence electrons. The zero-order chi connectivity index (χ0) is 13.6. The summed E-state index contributed by atoms with van der Waals surface area (Å²) in [6.45, 7) is 4.30. The Hall–Kier alpha value is -1.55. The molecule has 2 N–H and O–H groups in total. The number of amides is 1. The highest BCUT2D eigenvalue weighted by Gasteiger charge is 2.33. The molecule has 0 aromatic heterocycles. The second-order valence-electron chi connectivity index (χ2n) is 5.60. The van der Waals surface area contributed by atoms with Crippen molar-refractivity contribution in [3.63, 3.8) is 0 Å². The highest BCUT2D eigenvalue weighted by atomic mass is 16.2. The molecule has 1 fully saturated rings. The first-order chi connectivity index (χ1) is 9.11. The molecule has 1 aromatic rings. The number of rotatable bonds is 4. The van der Waals surface area contributed by atoms with Crippen LogP contribution in [0.25, 0.3) is 0 Å². The van der Waals surface area contributed by atoms with E-state index >= 15 is 0 Å². The SMILES string of the molecule is CCN(CC1CC1)c1ccc2c(c1)N(C)C(=O)C2N. The van der Waals surface area contributed by atoms with Crippen molar-refractivity contribution < 1.29 is 4.79 Å². The summed E-state index contributed by atoms with van der Waals surface area (Å²) < 4.78 is 0. The molecule has 19 heavy (non-hydrogen) atoms. The highest BCUT2D eigenvalue weighted by molar-refractivity contribution is 6.04. The van der Waals surface area contributed by atoms with Gasteiger partial charge in [-0.1, -0.05) is 6.07 Å². The number of fused-ring (bicyclic) bond motifs is 1. The van der Waals surface area contributed by atoms with E-state index in [1.807, 2.05) is 6.07 Å². The number of nitrogens with two attached hydrogens (primary N) is 1. The third kappa shape index (κ3) is 2.10. The second-order valence-corrected chi connectivity index (χ2v) is 5.60. The van der Waals surface area contributed by atoms with E-state index in [4.69, 9.17) is 5.73 Å². The van der Waals surface area contributed by atoms with Crippen LogP contribution in [0.2, 0.25) is 0 Å². The smallest absolute Gasteiger partial charge is 0.248 e. The largest absolute Gasteiger partial charge is 0.371 e. The zero-order valence-electron chi connectivity index (χ0n) is 11.6. The van der Waals surface area contributed by atoms with Crippen molar-refractivity contribution in [1.29, 1.82) is 0 Å². The minimum Gasteiger partial charge on any atom is -0.371 e. The highest BCUT2D eigenvalue weighted by Crippen LogP contribution is 2.37. The quantitative estimate of drug-likeness (QED) is 0.898. The molecular formula is C15H21N3O. The molecule has 1 heterocycles. The van der Waals surface area contributed by atoms with Gasteiger partial charge in [0.05, 0.1) is 5.69 Å². The predicted octanol–water partition coefficient (Wildman–Crippen LogP) is 1.90. The predicted molar refractivity (Wildman–Crippen MR) is 77.4 cm³/mol. The van der Waals surface area contributed by atoms with E-state index in [-0.39, 0.29) is 5.91 Å². The molecule has 0 bridgehead atoms. The van der Waals surface area contributed by atoms with Gasteiger partial charge in [-0.2, -0.15) is 0 Å². The van der Waals surface area contributed by atoms with Crippen molar-refractivity contribution >= 4 is 17.3 Å². The van der Waals surface area contributed by atoms with Crippen LogP contribution in [0.1, 0.15) is 31.4 Å². The number of hydrogen-bond donors (Lipinski definition) is 1. The number of likely N-dealkylation sites (N-methyl/N-ethyl adjacent to an activating group) is 1. The summed E-state index contributed by atoms with van der Waals surface area (Å²) >= 11 is 0. The van der Waals surface area contributed by atoms with E-state index in [0.29, 0.717) is 0 Å². The molecule has 0 spiro atoms. The van der Waals surface area contributed by atoms with Crippen LogP contribution in [0.4, 0.5) is 11.4 Å². The first-order valence-corrected chi connectivity index (χ1v) is 7.04. The Labute approximate surface area is 114 Å². The Morgan fingerprint density at radius 3 is 2.79 bits per heavy atom. The molecular weight excluding hydrogens is 238 g/mol. The summed E-state index contributed by atoms with van der Waals surface area (Å²) in [5.41, 5.74) is 9.03. The molecule has 1 aromatic carbocycles. The molecule has 0 saturated heterocycles. The molecule has 4 heteroatoms. The first-order valence-electron chi connectivity index (χ1n) is 7.04. The third-order valence-electron chi connectivity index (χ3n) is 4.23. The van der Waals surface area contributed by atoms with E-state index < -0.39 is 6.04 Å². The summed E-state index contributed by atoms with van der Waals surface area (Å²) in [6, 6.07) is 5.71. The summed E-state index contributed by atoms with van der Waals surface area (Å²) in [5, 5.41) is 0. The Kier molecular flexibility index (Phi) is 2.97. The fourth-order valence-corrected chi connectivity index (χ4v) is 2.77. The van der Waals surface area contributed by atoms with Crippen LogP contribution in [0, 0.1) is 5.92 Å². The number of benzene rings is 1. The third-order valence-corrected chi connectivity index (χ3v) is 4.23. The number of anilines is 2. The molecule has 1 amide bonds. The molecule has 1 aliphatic heterocycles. The van der Waals surface area contributed by atoms with Gasteiger partial charge in [0, 0.05) is 31.4 Å². The number of hydrogen-bond acceptors (Lipinski definition) is 3. The van der Waals surface area contributed by atoms with Gasteiger partial charge in [0.15, 0.2) is 0 Å². The van der Waals surface area contributed by atoms with Crippen molar-refractivity contribution in [2.75, 3.05) is 29.9 Å². The number of carbonyl (C=O) groups excluding carboxylic acids is 1. The second kappa shape index (κ2) is 4.53. The van der Waals surface area contributed by atoms with Gasteiger partial charge in [-0.3, -0.25) is 4.79 Å². The lowest BCUT2D eigenvalue weighted by molar-refractivity contribution is -0.118. The van der Waals surface area contributed by atoms with Crippen LogP contribution in [0.5, 0.6) is 0 Å². The monoisotopic (exact) mass is 259 g/mol. The summed E-state index contributed by atoms with van der Waals surface area (Å²) in [7, 11) is 1.80. The van der Waals surface area contributed by atoms with Crippen LogP contribution >= 0.6 is 0 Å². The van der Waals surface area contributed by atoms with Gasteiger partial charge in [0.1, 0.15) is 6.04 Å². The number of nitrogens with zero attached hydrogens (tertiary/aromatic N) is 2. The fourth-order valence-electron chi connectivity index (χ4n) is 2.77. The van der Waals surface area contributed by atoms with Crippen molar-refractivity contribution in [2.24, 2.45) is 11.7 Å². The van der Waals surface area contributed by atoms with Gasteiger partial charge in [0.25, 0.3) is 0 Å². The minimum absolute atomic E-state index is 0.0163. The van der Waals surface area contributed by atoms with E-state index in [1.54, 1.807) is 11.9 Å². The van der Waals surface area contributed by atoms with Gasteiger partial charge in [-0.25, -0.2) is 0 Å². The lowest BCUT2D eigenvalue weighted by atomic mass is 10.1. The summed E-state index contributed by atoms with van der Waals surface area (Å²) in [6.07, 6.45) is 2.70. The number of carbonyl (C=O) groups is 1. The van der Waals surface area contributed by atoms with Gasteiger partial charge >= 0.3 is 0 Å². The maximum Gasteiger partial charge on any atom is 0.248 e. The Bertz CT molecular complexity index is 510. The standard InChI is InChI=1S/C15H21N3O/c1-3-18(9-10-4-5-10)11-6-7-12-13(8-11)17(2)15(19)14(12)16/h6-8,10,14H,3-5,9,16H2,1-2H3. The van der Waals surface area contributed by atoms with Gasteiger partial charge in [-0.15, -0.1) is 0 Å². The average molecular weight is 259 g/mol. The van der Waals surface area contributed by atoms with Crippen LogP contribution in [-0.4, -0.2) is 26.0 Å². The maximum absolute atomic E-state index is 11.9. The van der Waals surface area contributed by atoms with E-state index in [0.717, 1.165) is 30.3 Å². The first kappa shape index (κ1) is 12.5. The van der Waals surface area contributed by atoms with Crippen molar-refractivity contribution in [2.45, 2.75) is 25.8 Å². The normalized spacial score (nSPS) is 21.7. The molecule has 0 radical (unpaired) electrons. The van der Waals surface area contributed by atoms with Crippen molar-refractivity contribution in [3.8, 4) is 0 Å². The van der Waals surface area contributed by atoms with Crippen LogP contribution in [0.15, 0.2) is 18.2 Å². The molecule has 1 saturated carbocycles. The van der Waals surface area contributed by atoms with Gasteiger partial charge in [-0.05, 0) is 37.8 Å². The van der Waals surface area contributed by atoms with E-state index in [2.05, 4.69) is 24.0 Å². The van der Waals surface area contributed by atoms with Crippen LogP contribution in [0.3, 0.4) is 0 Å². The van der Waals surface area contributed by atoms with E-state index in [9.17, 15) is 4.79 Å².